The molecule has 0 unspecified atom stereocenters. The Labute approximate surface area is 226 Å². The number of amides is 1. The molecule has 1 N–H and O–H groups in total. The highest BCUT2D eigenvalue weighted by Crippen LogP contribution is 2.49. The predicted molar refractivity (Wildman–Crippen MR) is 125 cm³/mol. The minimum Gasteiger partial charge on any atom is -0.466 e. The highest BCUT2D eigenvalue weighted by molar-refractivity contribution is 6.04. The number of rotatable bonds is 5. The van der Waals surface area contributed by atoms with Gasteiger partial charge < -0.3 is 14.6 Å². The average molecular weight is 599 g/mol. The number of carbonyl (C=O) groups is 2. The number of aliphatic hydroxyl groups is 1. The SMILES string of the molecule is CCOC(=O)N1c2ccc(C(F)(F)F)cc2C([C@](O)(C(=O)OC)c2cc(C(F)(F)F)cc(C(F)(F)F)c2)=C[C@@H]1CC. The summed E-state index contributed by atoms with van der Waals surface area (Å²) in [4.78, 5) is 26.7. The Bertz CT molecular complexity index is 1330. The van der Waals surface area contributed by atoms with Crippen molar-refractivity contribution in [3.8, 4) is 0 Å². The number of hydrogen-bond acceptors (Lipinski definition) is 5. The van der Waals surface area contributed by atoms with Crippen LogP contribution in [0.4, 0.5) is 50.0 Å². The Balaban J connectivity index is 2.48. The molecular formula is C26H22F9NO5. The monoisotopic (exact) mass is 599 g/mol. The quantitative estimate of drug-likeness (QED) is 0.298. The van der Waals surface area contributed by atoms with E-state index in [9.17, 15) is 54.2 Å². The van der Waals surface area contributed by atoms with Gasteiger partial charge in [-0.2, -0.15) is 39.5 Å². The van der Waals surface area contributed by atoms with E-state index in [1.807, 2.05) is 0 Å². The molecule has 0 saturated carbocycles. The van der Waals surface area contributed by atoms with E-state index in [2.05, 4.69) is 4.74 Å². The molecular weight excluding hydrogens is 577 g/mol. The van der Waals surface area contributed by atoms with Gasteiger partial charge in [0.1, 0.15) is 0 Å². The molecule has 0 saturated heterocycles. The first-order valence-electron chi connectivity index (χ1n) is 11.8. The number of esters is 1. The fraction of sp³-hybridized carbons (Fsp3) is 0.385. The first-order valence-corrected chi connectivity index (χ1v) is 11.8. The van der Waals surface area contributed by atoms with Crippen molar-refractivity contribution in [2.24, 2.45) is 0 Å². The van der Waals surface area contributed by atoms with Crippen LogP contribution in [-0.2, 0) is 38.4 Å². The second kappa shape index (κ2) is 10.9. The number of anilines is 1. The Morgan fingerprint density at radius 3 is 1.78 bits per heavy atom. The average Bonchev–Trinajstić information content (AvgIpc) is 2.89. The summed E-state index contributed by atoms with van der Waals surface area (Å²) >= 11 is 0. The van der Waals surface area contributed by atoms with Crippen LogP contribution in [0.25, 0.3) is 5.57 Å². The van der Waals surface area contributed by atoms with Gasteiger partial charge in [0.25, 0.3) is 0 Å². The van der Waals surface area contributed by atoms with Gasteiger partial charge in [-0.1, -0.05) is 13.0 Å². The van der Waals surface area contributed by atoms with Gasteiger partial charge in [-0.3, -0.25) is 4.90 Å². The van der Waals surface area contributed by atoms with Crippen LogP contribution in [0.15, 0.2) is 42.5 Å². The van der Waals surface area contributed by atoms with Gasteiger partial charge in [0.15, 0.2) is 0 Å². The minimum absolute atomic E-state index is 0.0313. The molecule has 0 bridgehead atoms. The van der Waals surface area contributed by atoms with Crippen molar-refractivity contribution in [3.05, 3.63) is 70.3 Å². The smallest absolute Gasteiger partial charge is 0.416 e. The molecule has 15 heteroatoms. The number of fused-ring (bicyclic) bond motifs is 1. The van der Waals surface area contributed by atoms with E-state index in [4.69, 9.17) is 4.74 Å². The van der Waals surface area contributed by atoms with Gasteiger partial charge in [-0.25, -0.2) is 9.59 Å². The van der Waals surface area contributed by atoms with E-state index < -0.39 is 75.6 Å². The number of nitrogens with zero attached hydrogens (tertiary/aromatic N) is 1. The first-order chi connectivity index (χ1) is 18.8. The van der Waals surface area contributed by atoms with Crippen LogP contribution in [0.3, 0.4) is 0 Å². The third-order valence-corrected chi connectivity index (χ3v) is 6.32. The number of halogens is 9. The van der Waals surface area contributed by atoms with Gasteiger partial charge in [0.2, 0.25) is 5.60 Å². The Kier molecular flexibility index (Phi) is 8.46. The van der Waals surface area contributed by atoms with E-state index in [0.717, 1.165) is 17.0 Å². The lowest BCUT2D eigenvalue weighted by atomic mass is 9.77. The van der Waals surface area contributed by atoms with Crippen LogP contribution in [0.2, 0.25) is 0 Å². The van der Waals surface area contributed by atoms with E-state index in [0.29, 0.717) is 19.2 Å². The lowest BCUT2D eigenvalue weighted by Gasteiger charge is -2.39. The van der Waals surface area contributed by atoms with E-state index in [1.165, 1.54) is 13.8 Å². The van der Waals surface area contributed by atoms with Crippen molar-refractivity contribution < 1.29 is 63.7 Å². The fourth-order valence-corrected chi connectivity index (χ4v) is 4.41. The highest BCUT2D eigenvalue weighted by atomic mass is 19.4. The number of benzene rings is 2. The molecule has 0 aromatic heterocycles. The summed E-state index contributed by atoms with van der Waals surface area (Å²) in [6, 6.07) is 0.518. The summed E-state index contributed by atoms with van der Waals surface area (Å²) < 4.78 is 132. The Morgan fingerprint density at radius 2 is 1.34 bits per heavy atom. The second-order valence-electron chi connectivity index (χ2n) is 8.85. The molecule has 1 aliphatic rings. The summed E-state index contributed by atoms with van der Waals surface area (Å²) in [6.45, 7) is 2.78. The number of methoxy groups -OCH3 is 1. The topological polar surface area (TPSA) is 76.1 Å². The molecule has 41 heavy (non-hydrogen) atoms. The molecule has 224 valence electrons. The number of ether oxygens (including phenoxy) is 2. The van der Waals surface area contributed by atoms with E-state index in [-0.39, 0.29) is 36.9 Å². The van der Waals surface area contributed by atoms with Gasteiger partial charge in [0, 0.05) is 16.7 Å². The molecule has 3 rings (SSSR count). The lowest BCUT2D eigenvalue weighted by molar-refractivity contribution is -0.158. The van der Waals surface area contributed by atoms with Crippen molar-refractivity contribution in [2.45, 2.75) is 50.4 Å². The van der Waals surface area contributed by atoms with Crippen LogP contribution < -0.4 is 4.90 Å². The molecule has 0 radical (unpaired) electrons. The molecule has 2 atom stereocenters. The Morgan fingerprint density at radius 1 is 0.829 bits per heavy atom. The summed E-state index contributed by atoms with van der Waals surface area (Å²) in [5.74, 6) is -1.79. The zero-order chi connectivity index (χ0) is 31.1. The molecule has 0 spiro atoms. The largest absolute Gasteiger partial charge is 0.466 e. The fourth-order valence-electron chi connectivity index (χ4n) is 4.41. The summed E-state index contributed by atoms with van der Waals surface area (Å²) in [5, 5.41) is 11.7. The van der Waals surface area contributed by atoms with Gasteiger partial charge in [-0.05, 0) is 49.7 Å². The van der Waals surface area contributed by atoms with Crippen molar-refractivity contribution in [1.29, 1.82) is 0 Å². The molecule has 2 aromatic carbocycles. The molecule has 0 fully saturated rings. The van der Waals surface area contributed by atoms with Crippen molar-refractivity contribution in [2.75, 3.05) is 18.6 Å². The molecule has 6 nitrogen and oxygen atoms in total. The zero-order valence-corrected chi connectivity index (χ0v) is 21.5. The third-order valence-electron chi connectivity index (χ3n) is 6.32. The van der Waals surface area contributed by atoms with Crippen LogP contribution in [0.5, 0.6) is 0 Å². The molecule has 0 aliphatic carbocycles. The predicted octanol–water partition coefficient (Wildman–Crippen LogP) is 6.94. The maximum Gasteiger partial charge on any atom is 0.416 e. The van der Waals surface area contributed by atoms with Gasteiger partial charge >= 0.3 is 30.6 Å². The van der Waals surface area contributed by atoms with Crippen LogP contribution in [0, 0.1) is 0 Å². The minimum atomic E-state index is -5.39. The van der Waals surface area contributed by atoms with Gasteiger partial charge in [0.05, 0.1) is 42.1 Å². The van der Waals surface area contributed by atoms with Crippen molar-refractivity contribution in [3.63, 3.8) is 0 Å². The summed E-state index contributed by atoms with van der Waals surface area (Å²) in [6.07, 6.45) is -16.0. The third kappa shape index (κ3) is 5.99. The molecule has 1 heterocycles. The second-order valence-corrected chi connectivity index (χ2v) is 8.85. The summed E-state index contributed by atoms with van der Waals surface area (Å²) in [7, 11) is 0.671. The number of alkyl halides is 9. The van der Waals surface area contributed by atoms with E-state index in [1.54, 1.807) is 0 Å². The van der Waals surface area contributed by atoms with Gasteiger partial charge in [-0.15, -0.1) is 0 Å². The van der Waals surface area contributed by atoms with Crippen LogP contribution in [0.1, 0.15) is 48.1 Å². The first kappa shape index (κ1) is 31.8. The molecule has 2 aromatic rings. The summed E-state index contributed by atoms with van der Waals surface area (Å²) in [5.41, 5.74) is -11.8. The van der Waals surface area contributed by atoms with E-state index >= 15 is 0 Å². The highest BCUT2D eigenvalue weighted by Gasteiger charge is 2.50. The zero-order valence-electron chi connectivity index (χ0n) is 21.5. The molecule has 1 amide bonds. The van der Waals surface area contributed by atoms with Crippen molar-refractivity contribution in [1.82, 2.24) is 0 Å². The normalized spacial score (nSPS) is 17.3. The maximum atomic E-state index is 13.7. The number of hydrogen-bond donors (Lipinski definition) is 1. The maximum absolute atomic E-state index is 13.7. The Hall–Kier alpha value is -3.75. The van der Waals surface area contributed by atoms with Crippen molar-refractivity contribution >= 4 is 23.3 Å². The molecule has 1 aliphatic heterocycles. The van der Waals surface area contributed by atoms with Crippen LogP contribution >= 0.6 is 0 Å². The van der Waals surface area contributed by atoms with Crippen LogP contribution in [-0.4, -0.2) is 36.9 Å². The lowest BCUT2D eigenvalue weighted by Crippen LogP contribution is -2.46. The number of carbonyl (C=O) groups excluding carboxylic acids is 2. The standard InChI is InChI=1S/C26H22F9NO5/c1-4-17-12-19(18-11-13(24(27,28)29)6-7-20(18)36(17)22(38)41-5-2)23(39,21(37)40-3)14-8-15(25(30,31)32)10-16(9-14)26(33,34)35/h6-12,17,39H,4-5H2,1-3H3/t17-,23-/m0/s1.